The maximum atomic E-state index is 12.4. The molecule has 1 aromatic carbocycles. The molecule has 1 amide bonds. The van der Waals surface area contributed by atoms with E-state index < -0.39 is 0 Å². The van der Waals surface area contributed by atoms with Crippen molar-refractivity contribution in [3.8, 4) is 0 Å². The SMILES string of the molecule is O=C(c1ccccc1)N(CCO)C1CCCCC1. The van der Waals surface area contributed by atoms with Gasteiger partial charge in [-0.05, 0) is 25.0 Å². The van der Waals surface area contributed by atoms with Crippen LogP contribution in [0.2, 0.25) is 0 Å². The van der Waals surface area contributed by atoms with Gasteiger partial charge < -0.3 is 10.0 Å². The number of aliphatic hydroxyl groups excluding tert-OH is 1. The summed E-state index contributed by atoms with van der Waals surface area (Å²) in [6, 6.07) is 9.66. The van der Waals surface area contributed by atoms with Crippen LogP contribution in [-0.4, -0.2) is 35.1 Å². The highest BCUT2D eigenvalue weighted by atomic mass is 16.3. The molecule has 0 saturated heterocycles. The minimum Gasteiger partial charge on any atom is -0.395 e. The van der Waals surface area contributed by atoms with E-state index in [1.165, 1.54) is 19.3 Å². The highest BCUT2D eigenvalue weighted by molar-refractivity contribution is 5.94. The van der Waals surface area contributed by atoms with Crippen molar-refractivity contribution in [2.24, 2.45) is 0 Å². The number of nitrogens with zero attached hydrogens (tertiary/aromatic N) is 1. The predicted molar refractivity (Wildman–Crippen MR) is 71.4 cm³/mol. The normalized spacial score (nSPS) is 16.5. The number of amides is 1. The maximum Gasteiger partial charge on any atom is 0.254 e. The fraction of sp³-hybridized carbons (Fsp3) is 0.533. The number of carbonyl (C=O) groups excluding carboxylic acids is 1. The Balaban J connectivity index is 2.11. The molecule has 0 aliphatic heterocycles. The van der Waals surface area contributed by atoms with Crippen LogP contribution in [0.5, 0.6) is 0 Å². The molecule has 0 heterocycles. The molecule has 18 heavy (non-hydrogen) atoms. The van der Waals surface area contributed by atoms with Gasteiger partial charge in [-0.3, -0.25) is 4.79 Å². The van der Waals surface area contributed by atoms with Crippen molar-refractivity contribution >= 4 is 5.91 Å². The Hall–Kier alpha value is -1.35. The van der Waals surface area contributed by atoms with Gasteiger partial charge in [-0.2, -0.15) is 0 Å². The van der Waals surface area contributed by atoms with Gasteiger partial charge >= 0.3 is 0 Å². The number of hydrogen-bond donors (Lipinski definition) is 1. The first-order valence-electron chi connectivity index (χ1n) is 6.80. The Kier molecular flexibility index (Phi) is 4.76. The second-order valence-corrected chi connectivity index (χ2v) is 4.88. The Morgan fingerprint density at radius 3 is 2.44 bits per heavy atom. The lowest BCUT2D eigenvalue weighted by Crippen LogP contribution is -2.43. The number of benzene rings is 1. The Morgan fingerprint density at radius 1 is 1.17 bits per heavy atom. The molecule has 3 heteroatoms. The van der Waals surface area contributed by atoms with Gasteiger partial charge in [0.1, 0.15) is 0 Å². The molecule has 0 unspecified atom stereocenters. The molecule has 3 nitrogen and oxygen atoms in total. The maximum absolute atomic E-state index is 12.4. The van der Waals surface area contributed by atoms with Gasteiger partial charge in [0, 0.05) is 18.2 Å². The van der Waals surface area contributed by atoms with Crippen molar-refractivity contribution in [3.05, 3.63) is 35.9 Å². The van der Waals surface area contributed by atoms with Gasteiger partial charge in [0.2, 0.25) is 0 Å². The number of rotatable bonds is 4. The summed E-state index contributed by atoms with van der Waals surface area (Å²) in [6.45, 7) is 0.480. The summed E-state index contributed by atoms with van der Waals surface area (Å²) in [6.07, 6.45) is 5.78. The van der Waals surface area contributed by atoms with Gasteiger partial charge in [-0.1, -0.05) is 37.5 Å². The van der Waals surface area contributed by atoms with Crippen molar-refractivity contribution in [2.45, 2.75) is 38.1 Å². The van der Waals surface area contributed by atoms with Gasteiger partial charge in [-0.15, -0.1) is 0 Å². The summed E-state index contributed by atoms with van der Waals surface area (Å²) in [7, 11) is 0. The van der Waals surface area contributed by atoms with E-state index in [2.05, 4.69) is 0 Å². The van der Waals surface area contributed by atoms with Crippen LogP contribution >= 0.6 is 0 Å². The Morgan fingerprint density at radius 2 is 1.83 bits per heavy atom. The summed E-state index contributed by atoms with van der Waals surface area (Å²) in [5.41, 5.74) is 0.719. The molecule has 1 fully saturated rings. The first kappa shape index (κ1) is 13.1. The second kappa shape index (κ2) is 6.55. The molecule has 0 radical (unpaired) electrons. The lowest BCUT2D eigenvalue weighted by molar-refractivity contribution is 0.0585. The molecule has 0 aromatic heterocycles. The van der Waals surface area contributed by atoms with Crippen LogP contribution in [-0.2, 0) is 0 Å². The van der Waals surface area contributed by atoms with E-state index >= 15 is 0 Å². The average Bonchev–Trinajstić information content (AvgIpc) is 2.46. The van der Waals surface area contributed by atoms with Gasteiger partial charge in [0.05, 0.1) is 6.61 Å². The van der Waals surface area contributed by atoms with E-state index in [0.29, 0.717) is 12.6 Å². The van der Waals surface area contributed by atoms with E-state index in [0.717, 1.165) is 18.4 Å². The molecule has 0 spiro atoms. The second-order valence-electron chi connectivity index (χ2n) is 4.88. The molecule has 2 rings (SSSR count). The van der Waals surface area contributed by atoms with Crippen LogP contribution < -0.4 is 0 Å². The summed E-state index contributed by atoms with van der Waals surface area (Å²) < 4.78 is 0. The zero-order valence-corrected chi connectivity index (χ0v) is 10.7. The largest absolute Gasteiger partial charge is 0.395 e. The standard InChI is InChI=1S/C15H21NO2/c17-12-11-16(14-9-5-2-6-10-14)15(18)13-7-3-1-4-8-13/h1,3-4,7-8,14,17H,2,5-6,9-12H2. The van der Waals surface area contributed by atoms with Crippen LogP contribution in [0.1, 0.15) is 42.5 Å². The fourth-order valence-electron chi connectivity index (χ4n) is 2.70. The molecular weight excluding hydrogens is 226 g/mol. The van der Waals surface area contributed by atoms with Gasteiger partial charge in [0.25, 0.3) is 5.91 Å². The first-order valence-corrected chi connectivity index (χ1v) is 6.80. The highest BCUT2D eigenvalue weighted by Crippen LogP contribution is 2.23. The Labute approximate surface area is 108 Å². The molecule has 0 atom stereocenters. The minimum atomic E-state index is 0.0368. The topological polar surface area (TPSA) is 40.5 Å². The van der Waals surface area contributed by atoms with Crippen LogP contribution in [0.3, 0.4) is 0 Å². The van der Waals surface area contributed by atoms with Crippen LogP contribution in [0.25, 0.3) is 0 Å². The molecule has 1 N–H and O–H groups in total. The molecule has 0 bridgehead atoms. The zero-order valence-electron chi connectivity index (χ0n) is 10.7. The van der Waals surface area contributed by atoms with Gasteiger partial charge in [0.15, 0.2) is 0 Å². The molecule has 1 aliphatic rings. The summed E-state index contributed by atoms with van der Waals surface area (Å²) >= 11 is 0. The fourth-order valence-corrected chi connectivity index (χ4v) is 2.70. The molecular formula is C15H21NO2. The van der Waals surface area contributed by atoms with E-state index in [-0.39, 0.29) is 12.5 Å². The number of aliphatic hydroxyl groups is 1. The predicted octanol–water partition coefficient (Wildman–Crippen LogP) is 2.45. The quantitative estimate of drug-likeness (QED) is 0.888. The Bertz CT molecular complexity index is 371. The molecule has 98 valence electrons. The summed E-state index contributed by atoms with van der Waals surface area (Å²) in [5.74, 6) is 0.0524. The third kappa shape index (κ3) is 3.10. The van der Waals surface area contributed by atoms with Crippen molar-refractivity contribution in [3.63, 3.8) is 0 Å². The average molecular weight is 247 g/mol. The minimum absolute atomic E-state index is 0.0368. The third-order valence-electron chi connectivity index (χ3n) is 3.64. The summed E-state index contributed by atoms with van der Waals surface area (Å²) in [4.78, 5) is 14.3. The van der Waals surface area contributed by atoms with Crippen molar-refractivity contribution in [2.75, 3.05) is 13.2 Å². The van der Waals surface area contributed by atoms with E-state index in [9.17, 15) is 4.79 Å². The lowest BCUT2D eigenvalue weighted by atomic mass is 9.93. The van der Waals surface area contributed by atoms with Crippen molar-refractivity contribution < 1.29 is 9.90 Å². The number of carbonyl (C=O) groups is 1. The lowest BCUT2D eigenvalue weighted by Gasteiger charge is -2.34. The van der Waals surface area contributed by atoms with E-state index in [4.69, 9.17) is 5.11 Å². The van der Waals surface area contributed by atoms with Crippen molar-refractivity contribution in [1.29, 1.82) is 0 Å². The van der Waals surface area contributed by atoms with Crippen LogP contribution in [0, 0.1) is 0 Å². The monoisotopic (exact) mass is 247 g/mol. The molecule has 1 saturated carbocycles. The first-order chi connectivity index (χ1) is 8.83. The van der Waals surface area contributed by atoms with Gasteiger partial charge in [-0.25, -0.2) is 0 Å². The van der Waals surface area contributed by atoms with Crippen LogP contribution in [0.4, 0.5) is 0 Å². The highest BCUT2D eigenvalue weighted by Gasteiger charge is 2.25. The molecule has 1 aliphatic carbocycles. The van der Waals surface area contributed by atoms with E-state index in [1.54, 1.807) is 0 Å². The number of hydrogen-bond acceptors (Lipinski definition) is 2. The van der Waals surface area contributed by atoms with E-state index in [1.807, 2.05) is 35.2 Å². The third-order valence-corrected chi connectivity index (χ3v) is 3.64. The summed E-state index contributed by atoms with van der Waals surface area (Å²) in [5, 5.41) is 9.17. The van der Waals surface area contributed by atoms with Crippen molar-refractivity contribution in [1.82, 2.24) is 4.90 Å². The zero-order chi connectivity index (χ0) is 12.8. The van der Waals surface area contributed by atoms with Crippen LogP contribution in [0.15, 0.2) is 30.3 Å². The smallest absolute Gasteiger partial charge is 0.254 e. The molecule has 1 aromatic rings.